The van der Waals surface area contributed by atoms with Crippen LogP contribution >= 0.6 is 47.2 Å². The number of carbonyl (C=O) groups is 1. The first-order valence-electron chi connectivity index (χ1n) is 8.08. The van der Waals surface area contributed by atoms with Crippen molar-refractivity contribution < 1.29 is 9.90 Å². The van der Waals surface area contributed by atoms with Gasteiger partial charge in [0.25, 0.3) is 0 Å². The summed E-state index contributed by atoms with van der Waals surface area (Å²) in [5.41, 5.74) is 0.298. The van der Waals surface area contributed by atoms with E-state index in [9.17, 15) is 9.90 Å². The van der Waals surface area contributed by atoms with E-state index in [1.165, 1.54) is 0 Å². The molecule has 0 saturated carbocycles. The molecule has 1 rings (SSSR count). The van der Waals surface area contributed by atoms with Gasteiger partial charge >= 0.3 is 0 Å². The summed E-state index contributed by atoms with van der Waals surface area (Å²) in [7, 11) is 0. The zero-order valence-corrected chi connectivity index (χ0v) is 19.2. The first kappa shape index (κ1) is 25.2. The number of guanidine groups is 1. The van der Waals surface area contributed by atoms with E-state index in [4.69, 9.17) is 23.2 Å². The maximum absolute atomic E-state index is 11.8. The molecule has 0 spiro atoms. The molecule has 0 aromatic heterocycles. The van der Waals surface area contributed by atoms with Crippen molar-refractivity contribution in [2.45, 2.75) is 39.3 Å². The standard InChI is InChI=1S/C17H26Cl2N4O2.HI/c1-5-20-16(22-10-15(25)23-17(2,3)4)21-9-14(24)11-6-12(18)8-13(19)7-11;/h6-8,14,24H,5,9-10H2,1-4H3,(H,23,25)(H2,20,21,22);1H. The number of benzene rings is 1. The summed E-state index contributed by atoms with van der Waals surface area (Å²) in [5, 5.41) is 20.1. The molecular weight excluding hydrogens is 490 g/mol. The van der Waals surface area contributed by atoms with Crippen molar-refractivity contribution in [2.75, 3.05) is 19.6 Å². The number of rotatable bonds is 6. The molecular formula is C17H27Cl2IN4O2. The normalized spacial score (nSPS) is 12.8. The number of halogens is 3. The Balaban J connectivity index is 0.00000625. The number of nitrogens with zero attached hydrogens (tertiary/aromatic N) is 1. The number of aliphatic hydroxyl groups is 1. The van der Waals surface area contributed by atoms with Gasteiger partial charge < -0.3 is 21.1 Å². The molecule has 0 fully saturated rings. The van der Waals surface area contributed by atoms with E-state index in [0.717, 1.165) is 0 Å². The zero-order chi connectivity index (χ0) is 19.0. The van der Waals surface area contributed by atoms with Crippen LogP contribution in [0.2, 0.25) is 10.0 Å². The van der Waals surface area contributed by atoms with Gasteiger partial charge in [-0.3, -0.25) is 4.79 Å². The number of carbonyl (C=O) groups excluding carboxylic acids is 1. The third kappa shape index (κ3) is 10.4. The van der Waals surface area contributed by atoms with Crippen molar-refractivity contribution in [2.24, 2.45) is 4.99 Å². The Kier molecular flexibility index (Phi) is 11.5. The van der Waals surface area contributed by atoms with Crippen molar-refractivity contribution in [3.8, 4) is 0 Å². The number of amides is 1. The molecule has 0 aliphatic heterocycles. The summed E-state index contributed by atoms with van der Waals surface area (Å²) in [6, 6.07) is 4.91. The number of hydrogen-bond donors (Lipinski definition) is 4. The molecule has 148 valence electrons. The van der Waals surface area contributed by atoms with Crippen LogP contribution in [0.25, 0.3) is 0 Å². The van der Waals surface area contributed by atoms with E-state index in [1.807, 2.05) is 27.7 Å². The maximum Gasteiger partial charge on any atom is 0.242 e. The van der Waals surface area contributed by atoms with E-state index in [2.05, 4.69) is 20.9 Å². The SMILES string of the molecule is CCNC(=NCC(=O)NC(C)(C)C)NCC(O)c1cc(Cl)cc(Cl)c1.I. The predicted molar refractivity (Wildman–Crippen MR) is 119 cm³/mol. The maximum atomic E-state index is 11.8. The number of nitrogens with one attached hydrogen (secondary N) is 3. The fourth-order valence-electron chi connectivity index (χ4n) is 2.03. The summed E-state index contributed by atoms with van der Waals surface area (Å²) in [4.78, 5) is 16.1. The van der Waals surface area contributed by atoms with Crippen LogP contribution in [0.5, 0.6) is 0 Å². The van der Waals surface area contributed by atoms with Crippen LogP contribution in [0, 0.1) is 0 Å². The van der Waals surface area contributed by atoms with Crippen LogP contribution in [0.1, 0.15) is 39.4 Å². The molecule has 6 nitrogen and oxygen atoms in total. The second-order valence-electron chi connectivity index (χ2n) is 6.59. The Bertz CT molecular complexity index is 601. The Morgan fingerprint density at radius 3 is 2.27 bits per heavy atom. The number of hydrogen-bond acceptors (Lipinski definition) is 3. The molecule has 4 N–H and O–H groups in total. The van der Waals surface area contributed by atoms with Gasteiger partial charge in [-0.2, -0.15) is 0 Å². The van der Waals surface area contributed by atoms with E-state index < -0.39 is 6.10 Å². The number of aliphatic hydroxyl groups excluding tert-OH is 1. The van der Waals surface area contributed by atoms with Crippen molar-refractivity contribution in [1.82, 2.24) is 16.0 Å². The molecule has 0 radical (unpaired) electrons. The van der Waals surface area contributed by atoms with Crippen molar-refractivity contribution >= 4 is 59.0 Å². The summed E-state index contributed by atoms with van der Waals surface area (Å²) < 4.78 is 0. The van der Waals surface area contributed by atoms with Gasteiger partial charge in [-0.15, -0.1) is 24.0 Å². The molecule has 0 aliphatic carbocycles. The van der Waals surface area contributed by atoms with Gasteiger partial charge in [0.1, 0.15) is 6.54 Å². The van der Waals surface area contributed by atoms with Gasteiger partial charge in [-0.05, 0) is 51.5 Å². The Morgan fingerprint density at radius 2 is 1.77 bits per heavy atom. The summed E-state index contributed by atoms with van der Waals surface area (Å²) in [6.07, 6.45) is -0.816. The summed E-state index contributed by atoms with van der Waals surface area (Å²) in [6.45, 7) is 8.46. The quantitative estimate of drug-likeness (QED) is 0.266. The highest BCUT2D eigenvalue weighted by molar-refractivity contribution is 14.0. The molecule has 9 heteroatoms. The van der Waals surface area contributed by atoms with Crippen molar-refractivity contribution in [1.29, 1.82) is 0 Å². The monoisotopic (exact) mass is 516 g/mol. The lowest BCUT2D eigenvalue weighted by Crippen LogP contribution is -2.43. The third-order valence-corrected chi connectivity index (χ3v) is 3.41. The second kappa shape index (κ2) is 11.8. The lowest BCUT2D eigenvalue weighted by atomic mass is 10.1. The minimum absolute atomic E-state index is 0. The summed E-state index contributed by atoms with van der Waals surface area (Å²) >= 11 is 11.9. The third-order valence-electron chi connectivity index (χ3n) is 2.97. The molecule has 1 aromatic rings. The fourth-order valence-corrected chi connectivity index (χ4v) is 2.57. The highest BCUT2D eigenvalue weighted by Crippen LogP contribution is 2.23. The lowest BCUT2D eigenvalue weighted by molar-refractivity contribution is -0.121. The van der Waals surface area contributed by atoms with E-state index >= 15 is 0 Å². The van der Waals surface area contributed by atoms with Crippen LogP contribution in [-0.2, 0) is 4.79 Å². The van der Waals surface area contributed by atoms with Gasteiger partial charge in [-0.25, -0.2) is 4.99 Å². The molecule has 1 aromatic carbocycles. The first-order chi connectivity index (χ1) is 11.6. The molecule has 1 unspecified atom stereocenters. The highest BCUT2D eigenvalue weighted by Gasteiger charge is 2.14. The smallest absolute Gasteiger partial charge is 0.242 e. The largest absolute Gasteiger partial charge is 0.387 e. The van der Waals surface area contributed by atoms with Crippen LogP contribution < -0.4 is 16.0 Å². The molecule has 1 atom stereocenters. The molecule has 0 heterocycles. The van der Waals surface area contributed by atoms with Gasteiger partial charge in [0.15, 0.2) is 5.96 Å². The van der Waals surface area contributed by atoms with Crippen molar-refractivity contribution in [3.63, 3.8) is 0 Å². The topological polar surface area (TPSA) is 85.8 Å². The van der Waals surface area contributed by atoms with Crippen LogP contribution in [0.3, 0.4) is 0 Å². The molecule has 26 heavy (non-hydrogen) atoms. The van der Waals surface area contributed by atoms with Gasteiger partial charge in [0.05, 0.1) is 6.10 Å². The molecule has 0 saturated heterocycles. The molecule has 1 amide bonds. The van der Waals surface area contributed by atoms with Gasteiger partial charge in [0, 0.05) is 28.7 Å². The van der Waals surface area contributed by atoms with Gasteiger partial charge in [-0.1, -0.05) is 23.2 Å². The fraction of sp³-hybridized carbons (Fsp3) is 0.529. The zero-order valence-electron chi connectivity index (χ0n) is 15.4. The van der Waals surface area contributed by atoms with E-state index in [-0.39, 0.29) is 48.5 Å². The minimum Gasteiger partial charge on any atom is -0.387 e. The molecule has 0 bridgehead atoms. The van der Waals surface area contributed by atoms with Crippen molar-refractivity contribution in [3.05, 3.63) is 33.8 Å². The lowest BCUT2D eigenvalue weighted by Gasteiger charge is -2.20. The average molecular weight is 517 g/mol. The Hall–Kier alpha value is -0.770. The van der Waals surface area contributed by atoms with E-state index in [0.29, 0.717) is 28.1 Å². The van der Waals surface area contributed by atoms with Crippen LogP contribution in [0.15, 0.2) is 23.2 Å². The van der Waals surface area contributed by atoms with Crippen LogP contribution in [0.4, 0.5) is 0 Å². The highest BCUT2D eigenvalue weighted by atomic mass is 127. The Labute approximate surface area is 182 Å². The molecule has 0 aliphatic rings. The summed E-state index contributed by atoms with van der Waals surface area (Å²) in [5.74, 6) is 0.269. The van der Waals surface area contributed by atoms with Crippen LogP contribution in [-0.4, -0.2) is 42.1 Å². The van der Waals surface area contributed by atoms with Gasteiger partial charge in [0.2, 0.25) is 5.91 Å². The minimum atomic E-state index is -0.816. The average Bonchev–Trinajstić information content (AvgIpc) is 2.47. The predicted octanol–water partition coefficient (Wildman–Crippen LogP) is 3.11. The first-order valence-corrected chi connectivity index (χ1v) is 8.83. The van der Waals surface area contributed by atoms with E-state index in [1.54, 1.807) is 18.2 Å². The second-order valence-corrected chi connectivity index (χ2v) is 7.47. The number of aliphatic imine (C=N–C) groups is 1. The Morgan fingerprint density at radius 1 is 1.19 bits per heavy atom.